The standard InChI is InChI=1S/C21H28N6O3/c1-21(2,24-3)18(23)11-7-8-26(10-11)14-9-13(22)15-16(17(14)30-4)27(12-5-6-12)20(29)25-19(15)28/h9,11-12,18H,5-8,10,22-23H2,1-2,4H3,(H,25,28,29). The molecule has 1 saturated heterocycles. The second-order valence-electron chi connectivity index (χ2n) is 8.89. The lowest BCUT2D eigenvalue weighted by Gasteiger charge is -2.27. The summed E-state index contributed by atoms with van der Waals surface area (Å²) in [6, 6.07) is 1.52. The van der Waals surface area contributed by atoms with Crippen LogP contribution in [0, 0.1) is 12.5 Å². The summed E-state index contributed by atoms with van der Waals surface area (Å²) in [7, 11) is 1.54. The third-order valence-corrected chi connectivity index (χ3v) is 6.47. The number of ether oxygens (including phenoxy) is 1. The van der Waals surface area contributed by atoms with E-state index in [1.807, 2.05) is 13.8 Å². The molecule has 2 fully saturated rings. The molecule has 0 spiro atoms. The molecule has 2 aromatic rings. The first-order valence-electron chi connectivity index (χ1n) is 10.2. The maximum atomic E-state index is 12.6. The number of hydrogen-bond donors (Lipinski definition) is 3. The molecule has 1 aliphatic heterocycles. The smallest absolute Gasteiger partial charge is 0.329 e. The highest BCUT2D eigenvalue weighted by molar-refractivity contribution is 5.99. The van der Waals surface area contributed by atoms with Crippen LogP contribution in [0.1, 0.15) is 39.2 Å². The van der Waals surface area contributed by atoms with Crippen LogP contribution in [0.5, 0.6) is 5.75 Å². The summed E-state index contributed by atoms with van der Waals surface area (Å²) in [5.74, 6) is 0.619. The van der Waals surface area contributed by atoms with Crippen molar-refractivity contribution in [3.05, 3.63) is 38.3 Å². The first kappa shape index (κ1) is 20.3. The summed E-state index contributed by atoms with van der Waals surface area (Å²) in [5, 5.41) is 0.281. The van der Waals surface area contributed by atoms with Crippen molar-refractivity contribution in [3.63, 3.8) is 0 Å². The number of fused-ring (bicyclic) bond motifs is 1. The van der Waals surface area contributed by atoms with Crippen LogP contribution in [-0.4, -0.2) is 41.3 Å². The molecule has 2 atom stereocenters. The Morgan fingerprint density at radius 2 is 2.03 bits per heavy atom. The minimum Gasteiger partial charge on any atom is -0.492 e. The first-order chi connectivity index (χ1) is 14.2. The molecule has 30 heavy (non-hydrogen) atoms. The van der Waals surface area contributed by atoms with E-state index >= 15 is 0 Å². The zero-order chi connectivity index (χ0) is 21.8. The third kappa shape index (κ3) is 3.12. The number of aromatic nitrogens is 2. The number of rotatable bonds is 5. The average Bonchev–Trinajstić information content (AvgIpc) is 3.41. The molecule has 5 N–H and O–H groups in total. The predicted octanol–water partition coefficient (Wildman–Crippen LogP) is 1.47. The molecule has 1 aromatic heterocycles. The number of nitrogens with two attached hydrogens (primary N) is 2. The van der Waals surface area contributed by atoms with E-state index in [9.17, 15) is 9.59 Å². The zero-order valence-electron chi connectivity index (χ0n) is 17.6. The Hall–Kier alpha value is -2.99. The number of benzene rings is 1. The van der Waals surface area contributed by atoms with Crippen molar-refractivity contribution >= 4 is 22.3 Å². The Morgan fingerprint density at radius 3 is 2.63 bits per heavy atom. The molecule has 0 bridgehead atoms. The Labute approximate surface area is 174 Å². The predicted molar refractivity (Wildman–Crippen MR) is 117 cm³/mol. The minimum absolute atomic E-state index is 0.0413. The number of aromatic amines is 1. The molecule has 2 aliphatic rings. The van der Waals surface area contributed by atoms with Crippen LogP contribution >= 0.6 is 0 Å². The van der Waals surface area contributed by atoms with Crippen LogP contribution in [0.4, 0.5) is 11.4 Å². The maximum absolute atomic E-state index is 12.6. The van der Waals surface area contributed by atoms with Crippen molar-refractivity contribution in [1.29, 1.82) is 0 Å². The molecule has 1 saturated carbocycles. The fourth-order valence-corrected chi connectivity index (χ4v) is 4.51. The number of nitrogens with zero attached hydrogens (tertiary/aromatic N) is 3. The molecule has 1 aromatic carbocycles. The number of nitrogen functional groups attached to an aromatic ring is 1. The summed E-state index contributed by atoms with van der Waals surface area (Å²) in [6.07, 6.45) is 2.59. The van der Waals surface area contributed by atoms with E-state index in [2.05, 4.69) is 14.7 Å². The van der Waals surface area contributed by atoms with E-state index in [0.717, 1.165) is 31.5 Å². The normalized spacial score (nSPS) is 20.4. The number of methoxy groups -OCH3 is 1. The minimum atomic E-state index is -0.646. The van der Waals surface area contributed by atoms with Gasteiger partial charge in [0.15, 0.2) is 5.75 Å². The third-order valence-electron chi connectivity index (χ3n) is 6.47. The first-order valence-corrected chi connectivity index (χ1v) is 10.2. The fraction of sp³-hybridized carbons (Fsp3) is 0.571. The van der Waals surface area contributed by atoms with Crippen molar-refractivity contribution in [2.24, 2.45) is 11.7 Å². The highest BCUT2D eigenvalue weighted by atomic mass is 16.5. The summed E-state index contributed by atoms with van der Waals surface area (Å²) < 4.78 is 7.36. The number of anilines is 2. The van der Waals surface area contributed by atoms with Gasteiger partial charge in [-0.3, -0.25) is 14.3 Å². The van der Waals surface area contributed by atoms with E-state index in [-0.39, 0.29) is 23.4 Å². The SMILES string of the molecule is [C-]#[N+]C(C)(C)C(N)C1CCN(c2cc(N)c3c(=O)[nH]c(=O)n(C4CC4)c3c2OC)C1. The molecule has 160 valence electrons. The Morgan fingerprint density at radius 1 is 1.33 bits per heavy atom. The average molecular weight is 412 g/mol. The quantitative estimate of drug-likeness (QED) is 0.505. The van der Waals surface area contributed by atoms with Crippen molar-refractivity contribution in [1.82, 2.24) is 9.55 Å². The van der Waals surface area contributed by atoms with Crippen LogP contribution in [-0.2, 0) is 0 Å². The number of hydrogen-bond acceptors (Lipinski definition) is 6. The molecule has 2 unspecified atom stereocenters. The summed E-state index contributed by atoms with van der Waals surface area (Å²) in [4.78, 5) is 33.3. The molecule has 9 nitrogen and oxygen atoms in total. The molecular formula is C21H28N6O3. The summed E-state index contributed by atoms with van der Waals surface area (Å²) >= 11 is 0. The maximum Gasteiger partial charge on any atom is 0.329 e. The van der Waals surface area contributed by atoms with Crippen molar-refractivity contribution < 1.29 is 4.74 Å². The van der Waals surface area contributed by atoms with E-state index in [0.29, 0.717) is 23.5 Å². The Bertz CT molecular complexity index is 1150. The monoisotopic (exact) mass is 412 g/mol. The van der Waals surface area contributed by atoms with Gasteiger partial charge in [0.25, 0.3) is 5.56 Å². The Kier molecular flexibility index (Phi) is 4.77. The van der Waals surface area contributed by atoms with Gasteiger partial charge in [-0.2, -0.15) is 0 Å². The topological polar surface area (TPSA) is 124 Å². The lowest BCUT2D eigenvalue weighted by atomic mass is 9.85. The van der Waals surface area contributed by atoms with Gasteiger partial charge in [0, 0.05) is 44.6 Å². The highest BCUT2D eigenvalue weighted by Crippen LogP contribution is 2.44. The van der Waals surface area contributed by atoms with Gasteiger partial charge in [0.2, 0.25) is 5.54 Å². The lowest BCUT2D eigenvalue weighted by molar-refractivity contribution is 0.355. The largest absolute Gasteiger partial charge is 0.492 e. The highest BCUT2D eigenvalue weighted by Gasteiger charge is 2.42. The molecular weight excluding hydrogens is 384 g/mol. The second-order valence-corrected chi connectivity index (χ2v) is 8.89. The van der Waals surface area contributed by atoms with Gasteiger partial charge in [-0.15, -0.1) is 0 Å². The molecule has 0 radical (unpaired) electrons. The van der Waals surface area contributed by atoms with E-state index in [4.69, 9.17) is 22.8 Å². The van der Waals surface area contributed by atoms with Gasteiger partial charge in [-0.1, -0.05) is 0 Å². The van der Waals surface area contributed by atoms with E-state index in [1.165, 1.54) is 0 Å². The van der Waals surface area contributed by atoms with Gasteiger partial charge in [0.05, 0.1) is 24.2 Å². The van der Waals surface area contributed by atoms with Crippen molar-refractivity contribution in [3.8, 4) is 5.75 Å². The van der Waals surface area contributed by atoms with Gasteiger partial charge in [-0.05, 0) is 25.3 Å². The van der Waals surface area contributed by atoms with Crippen LogP contribution in [0.3, 0.4) is 0 Å². The van der Waals surface area contributed by atoms with E-state index < -0.39 is 16.8 Å². The van der Waals surface area contributed by atoms with Crippen LogP contribution < -0.4 is 32.4 Å². The fourth-order valence-electron chi connectivity index (χ4n) is 4.51. The van der Waals surface area contributed by atoms with Gasteiger partial charge in [-0.25, -0.2) is 11.4 Å². The van der Waals surface area contributed by atoms with Crippen LogP contribution in [0.25, 0.3) is 15.7 Å². The summed E-state index contributed by atoms with van der Waals surface area (Å²) in [5.41, 5.74) is 12.6. The molecule has 0 amide bonds. The lowest BCUT2D eigenvalue weighted by Crippen LogP contribution is -2.47. The molecule has 4 rings (SSSR count). The van der Waals surface area contributed by atoms with Crippen molar-refractivity contribution in [2.75, 3.05) is 30.8 Å². The molecule has 2 heterocycles. The van der Waals surface area contributed by atoms with Crippen LogP contribution in [0.15, 0.2) is 15.7 Å². The van der Waals surface area contributed by atoms with Gasteiger partial charge in [0.1, 0.15) is 5.52 Å². The van der Waals surface area contributed by atoms with Crippen LogP contribution in [0.2, 0.25) is 0 Å². The molecule has 9 heteroatoms. The summed E-state index contributed by atoms with van der Waals surface area (Å²) in [6.45, 7) is 12.5. The molecule has 1 aliphatic carbocycles. The Balaban J connectivity index is 1.83. The van der Waals surface area contributed by atoms with Gasteiger partial charge < -0.3 is 25.9 Å². The van der Waals surface area contributed by atoms with Gasteiger partial charge >= 0.3 is 5.69 Å². The number of H-pyrrole nitrogens is 1. The zero-order valence-corrected chi connectivity index (χ0v) is 17.6. The second kappa shape index (κ2) is 7.06. The van der Waals surface area contributed by atoms with Crippen molar-refractivity contribution in [2.45, 2.75) is 50.7 Å². The number of nitrogens with one attached hydrogen (secondary N) is 1. The van der Waals surface area contributed by atoms with E-state index in [1.54, 1.807) is 17.7 Å².